The van der Waals surface area contributed by atoms with E-state index >= 15 is 0 Å². The van der Waals surface area contributed by atoms with Crippen LogP contribution in [0.1, 0.15) is 219 Å². The van der Waals surface area contributed by atoms with E-state index < -0.39 is 26.5 Å². The maximum absolute atomic E-state index is 12.7. The predicted molar refractivity (Wildman–Crippen MR) is 259 cm³/mol. The van der Waals surface area contributed by atoms with Crippen molar-refractivity contribution in [3.8, 4) is 0 Å². The van der Waals surface area contributed by atoms with E-state index in [0.717, 1.165) is 64.2 Å². The highest BCUT2D eigenvalue weighted by Gasteiger charge is 2.21. The standard InChI is InChI=1S/C52H96NO8P/c1-6-8-10-12-14-16-18-20-22-24-25-26-27-29-30-32-34-36-38-40-42-44-51(54)58-48-50(49-60-62(56,57)59-47-46-53(3,4)5)61-52(55)45-43-41-39-37-35-33-31-28-23-21-19-17-15-13-11-9-7-2/h11,13,17,19,23,28,33,35,50H,6-10,12,14-16,18,20-22,24-27,29-32,34,36-49H2,1-5H3/b13-11+,19-17+,28-23+,35-33+/t50-/m1/s1. The zero-order chi connectivity index (χ0) is 45.7. The first-order valence-electron chi connectivity index (χ1n) is 25.3. The van der Waals surface area contributed by atoms with Gasteiger partial charge in [0, 0.05) is 12.8 Å². The van der Waals surface area contributed by atoms with Crippen LogP contribution in [0.15, 0.2) is 48.6 Å². The number of phosphoric acid groups is 1. The second-order valence-electron chi connectivity index (χ2n) is 18.2. The molecule has 0 aliphatic rings. The second kappa shape index (κ2) is 44.2. The Morgan fingerprint density at radius 3 is 1.35 bits per heavy atom. The predicted octanol–water partition coefficient (Wildman–Crippen LogP) is 14.4. The monoisotopic (exact) mass is 894 g/mol. The Labute approximate surface area is 382 Å². The lowest BCUT2D eigenvalue weighted by atomic mass is 10.0. The number of hydrogen-bond donors (Lipinski definition) is 0. The first-order valence-corrected chi connectivity index (χ1v) is 26.8. The molecule has 0 heterocycles. The van der Waals surface area contributed by atoms with Crippen molar-refractivity contribution in [1.82, 2.24) is 0 Å². The van der Waals surface area contributed by atoms with E-state index in [1.807, 2.05) is 21.1 Å². The van der Waals surface area contributed by atoms with Crippen molar-refractivity contribution in [1.29, 1.82) is 0 Å². The lowest BCUT2D eigenvalue weighted by Crippen LogP contribution is -2.37. The number of rotatable bonds is 46. The van der Waals surface area contributed by atoms with Gasteiger partial charge >= 0.3 is 11.9 Å². The molecule has 0 aromatic carbocycles. The molecule has 0 fully saturated rings. The summed E-state index contributed by atoms with van der Waals surface area (Å²) in [6.07, 6.45) is 52.9. The largest absolute Gasteiger partial charge is 0.756 e. The summed E-state index contributed by atoms with van der Waals surface area (Å²) in [4.78, 5) is 37.7. The molecule has 0 saturated carbocycles. The highest BCUT2D eigenvalue weighted by atomic mass is 31.2. The molecule has 9 nitrogen and oxygen atoms in total. The number of carbonyl (C=O) groups excluding carboxylic acids is 2. The fraction of sp³-hybridized carbons (Fsp3) is 0.808. The topological polar surface area (TPSA) is 111 Å². The molecule has 10 heteroatoms. The molecule has 0 bridgehead atoms. The zero-order valence-electron chi connectivity index (χ0n) is 40.8. The minimum atomic E-state index is -4.64. The minimum absolute atomic E-state index is 0.0375. The van der Waals surface area contributed by atoms with Crippen LogP contribution in [0.25, 0.3) is 0 Å². The van der Waals surface area contributed by atoms with E-state index in [0.29, 0.717) is 17.4 Å². The number of nitrogens with zero attached hydrogens (tertiary/aromatic N) is 1. The van der Waals surface area contributed by atoms with Crippen molar-refractivity contribution >= 4 is 19.8 Å². The average molecular weight is 894 g/mol. The minimum Gasteiger partial charge on any atom is -0.756 e. The molecule has 1 unspecified atom stereocenters. The molecule has 0 aromatic heterocycles. The van der Waals surface area contributed by atoms with Crippen LogP contribution in [0.3, 0.4) is 0 Å². The van der Waals surface area contributed by atoms with Crippen molar-refractivity contribution in [2.75, 3.05) is 47.5 Å². The molecule has 0 amide bonds. The van der Waals surface area contributed by atoms with Crippen LogP contribution in [0.5, 0.6) is 0 Å². The molecule has 362 valence electrons. The molecule has 0 saturated heterocycles. The summed E-state index contributed by atoms with van der Waals surface area (Å²) in [6.45, 7) is 4.15. The van der Waals surface area contributed by atoms with Crippen molar-refractivity contribution in [2.24, 2.45) is 0 Å². The maximum atomic E-state index is 12.7. The van der Waals surface area contributed by atoms with Crippen LogP contribution in [0, 0.1) is 0 Å². The molecule has 0 spiro atoms. The molecule has 0 aromatic rings. The molecule has 0 radical (unpaired) electrons. The normalized spacial score (nSPS) is 13.8. The van der Waals surface area contributed by atoms with Gasteiger partial charge in [-0.25, -0.2) is 0 Å². The lowest BCUT2D eigenvalue weighted by Gasteiger charge is -2.28. The van der Waals surface area contributed by atoms with E-state index in [9.17, 15) is 19.0 Å². The van der Waals surface area contributed by atoms with Gasteiger partial charge in [0.15, 0.2) is 6.10 Å². The van der Waals surface area contributed by atoms with Crippen molar-refractivity contribution in [3.05, 3.63) is 48.6 Å². The summed E-state index contributed by atoms with van der Waals surface area (Å²) >= 11 is 0. The number of carbonyl (C=O) groups is 2. The van der Waals surface area contributed by atoms with Crippen LogP contribution in [0.2, 0.25) is 0 Å². The maximum Gasteiger partial charge on any atom is 0.306 e. The van der Waals surface area contributed by atoms with E-state index in [1.54, 1.807) is 0 Å². The zero-order valence-corrected chi connectivity index (χ0v) is 41.7. The quantitative estimate of drug-likeness (QED) is 0.0195. The van der Waals surface area contributed by atoms with Gasteiger partial charge in [-0.2, -0.15) is 0 Å². The molecule has 0 aliphatic heterocycles. The number of unbranched alkanes of at least 4 members (excludes halogenated alkanes) is 24. The van der Waals surface area contributed by atoms with Crippen LogP contribution >= 0.6 is 7.82 Å². The van der Waals surface area contributed by atoms with E-state index in [1.165, 1.54) is 122 Å². The van der Waals surface area contributed by atoms with E-state index in [-0.39, 0.29) is 32.0 Å². The van der Waals surface area contributed by atoms with E-state index in [4.69, 9.17) is 18.5 Å². The molecule has 0 N–H and O–H groups in total. The first-order chi connectivity index (χ1) is 30.0. The number of likely N-dealkylation sites (N-methyl/N-ethyl adjacent to an activating group) is 1. The highest BCUT2D eigenvalue weighted by Crippen LogP contribution is 2.38. The third kappa shape index (κ3) is 47.4. The summed E-state index contributed by atoms with van der Waals surface area (Å²) in [5.74, 6) is -0.864. The highest BCUT2D eigenvalue weighted by molar-refractivity contribution is 7.45. The van der Waals surface area contributed by atoms with Gasteiger partial charge in [0.2, 0.25) is 0 Å². The SMILES string of the molecule is CCC/C=C/C/C=C/C/C=C/C/C=C/CCCCCC(=O)O[C@H](COC(=O)CCCCCCCCCCCCCCCCCCCCCCC)COP(=O)([O-])OCC[N+](C)(C)C. The Kier molecular flexibility index (Phi) is 42.7. The average Bonchev–Trinajstić information content (AvgIpc) is 3.23. The number of allylic oxidation sites excluding steroid dienone is 8. The summed E-state index contributed by atoms with van der Waals surface area (Å²) in [7, 11) is 1.15. The Hall–Kier alpha value is -2.03. The van der Waals surface area contributed by atoms with Crippen LogP contribution in [0.4, 0.5) is 0 Å². The number of phosphoric ester groups is 1. The van der Waals surface area contributed by atoms with Gasteiger partial charge in [-0.15, -0.1) is 0 Å². The number of esters is 2. The van der Waals surface area contributed by atoms with Crippen LogP contribution < -0.4 is 4.89 Å². The van der Waals surface area contributed by atoms with Gasteiger partial charge in [0.25, 0.3) is 7.82 Å². The Balaban J connectivity index is 4.27. The molecular formula is C52H96NO8P. The Morgan fingerprint density at radius 1 is 0.500 bits per heavy atom. The number of ether oxygens (including phenoxy) is 2. The second-order valence-corrected chi connectivity index (χ2v) is 19.6. The van der Waals surface area contributed by atoms with Crippen LogP contribution in [-0.2, 0) is 32.7 Å². The molecule has 62 heavy (non-hydrogen) atoms. The summed E-state index contributed by atoms with van der Waals surface area (Å²) in [5.41, 5.74) is 0. The van der Waals surface area contributed by atoms with Gasteiger partial charge in [-0.05, 0) is 51.4 Å². The fourth-order valence-electron chi connectivity index (χ4n) is 6.88. The number of hydrogen-bond acceptors (Lipinski definition) is 8. The van der Waals surface area contributed by atoms with Gasteiger partial charge in [0.05, 0.1) is 27.7 Å². The molecule has 0 aliphatic carbocycles. The molecule has 2 atom stereocenters. The Bertz CT molecular complexity index is 1190. The van der Waals surface area contributed by atoms with Gasteiger partial charge in [0.1, 0.15) is 19.8 Å². The van der Waals surface area contributed by atoms with Crippen molar-refractivity contribution < 1.29 is 42.1 Å². The van der Waals surface area contributed by atoms with Crippen molar-refractivity contribution in [3.63, 3.8) is 0 Å². The summed E-state index contributed by atoms with van der Waals surface area (Å²) in [5, 5.41) is 0. The summed E-state index contributed by atoms with van der Waals surface area (Å²) in [6, 6.07) is 0. The third-order valence-corrected chi connectivity index (χ3v) is 11.8. The summed E-state index contributed by atoms with van der Waals surface area (Å²) < 4.78 is 34.0. The smallest absolute Gasteiger partial charge is 0.306 e. The van der Waals surface area contributed by atoms with Gasteiger partial charge < -0.3 is 27.9 Å². The molecule has 0 rings (SSSR count). The first kappa shape index (κ1) is 60.0. The van der Waals surface area contributed by atoms with Crippen molar-refractivity contribution in [2.45, 2.75) is 225 Å². The fourth-order valence-corrected chi connectivity index (χ4v) is 7.61. The molecular weight excluding hydrogens is 798 g/mol. The van der Waals surface area contributed by atoms with Gasteiger partial charge in [-0.1, -0.05) is 204 Å². The number of quaternary nitrogens is 1. The van der Waals surface area contributed by atoms with Crippen LogP contribution in [-0.4, -0.2) is 70.0 Å². The lowest BCUT2D eigenvalue weighted by molar-refractivity contribution is -0.870. The Morgan fingerprint density at radius 2 is 0.903 bits per heavy atom. The third-order valence-electron chi connectivity index (χ3n) is 10.8. The van der Waals surface area contributed by atoms with Gasteiger partial charge in [-0.3, -0.25) is 14.2 Å². The van der Waals surface area contributed by atoms with E-state index in [2.05, 4.69) is 62.5 Å².